The zero-order chi connectivity index (χ0) is 18.0. The molecule has 1 aliphatic heterocycles. The molecule has 8 heteroatoms. The smallest absolute Gasteiger partial charge is 0.260 e. The van der Waals surface area contributed by atoms with Crippen LogP contribution in [0.2, 0.25) is 0 Å². The summed E-state index contributed by atoms with van der Waals surface area (Å²) in [5.41, 5.74) is -0.291. The van der Waals surface area contributed by atoms with Crippen molar-refractivity contribution in [3.8, 4) is 5.75 Å². The van der Waals surface area contributed by atoms with Gasteiger partial charge in [0.15, 0.2) is 6.61 Å². The molecule has 1 unspecified atom stereocenters. The third-order valence-corrected chi connectivity index (χ3v) is 4.50. The highest BCUT2D eigenvalue weighted by molar-refractivity contribution is 5.78. The van der Waals surface area contributed by atoms with Crippen molar-refractivity contribution in [3.63, 3.8) is 0 Å². The van der Waals surface area contributed by atoms with E-state index in [-0.39, 0.29) is 29.7 Å². The summed E-state index contributed by atoms with van der Waals surface area (Å²) < 4.78 is 12.5. The fourth-order valence-corrected chi connectivity index (χ4v) is 2.98. The van der Waals surface area contributed by atoms with Crippen molar-refractivity contribution in [2.75, 3.05) is 33.3 Å². The molecule has 134 valence electrons. The SMILES string of the molecule is Cc1occc(=O)c1OCC(=O)N1CCN(C)C(c2nccn2C)C1. The third-order valence-electron chi connectivity index (χ3n) is 4.50. The Balaban J connectivity index is 1.66. The summed E-state index contributed by atoms with van der Waals surface area (Å²) in [6, 6.07) is 1.31. The van der Waals surface area contributed by atoms with E-state index in [1.54, 1.807) is 18.0 Å². The van der Waals surface area contributed by atoms with Gasteiger partial charge in [-0.1, -0.05) is 0 Å². The minimum atomic E-state index is -0.291. The molecule has 0 radical (unpaired) electrons. The van der Waals surface area contributed by atoms with E-state index in [0.29, 0.717) is 18.8 Å². The largest absolute Gasteiger partial charge is 0.476 e. The monoisotopic (exact) mass is 346 g/mol. The van der Waals surface area contributed by atoms with Gasteiger partial charge in [-0.2, -0.15) is 0 Å². The minimum absolute atomic E-state index is 0.0289. The Bertz CT molecular complexity index is 813. The van der Waals surface area contributed by atoms with Crippen LogP contribution in [0, 0.1) is 6.92 Å². The Morgan fingerprint density at radius 3 is 2.88 bits per heavy atom. The van der Waals surface area contributed by atoms with Crippen molar-refractivity contribution in [3.05, 3.63) is 46.5 Å². The molecule has 8 nitrogen and oxygen atoms in total. The molecule has 0 spiro atoms. The van der Waals surface area contributed by atoms with E-state index in [4.69, 9.17) is 9.15 Å². The molecular formula is C17H22N4O4. The number of amides is 1. The van der Waals surface area contributed by atoms with Crippen LogP contribution in [-0.4, -0.2) is 58.5 Å². The van der Waals surface area contributed by atoms with Crippen molar-refractivity contribution in [1.82, 2.24) is 19.4 Å². The summed E-state index contributed by atoms with van der Waals surface area (Å²) in [6.45, 7) is 3.34. The first-order chi connectivity index (χ1) is 12.0. The average Bonchev–Trinajstić information content (AvgIpc) is 3.00. The molecule has 1 aliphatic rings. The second-order valence-corrected chi connectivity index (χ2v) is 6.19. The van der Waals surface area contributed by atoms with Gasteiger partial charge in [0.25, 0.3) is 5.91 Å². The molecular weight excluding hydrogens is 324 g/mol. The van der Waals surface area contributed by atoms with Crippen LogP contribution in [0.3, 0.4) is 0 Å². The summed E-state index contributed by atoms with van der Waals surface area (Å²) in [7, 11) is 3.97. The highest BCUT2D eigenvalue weighted by Gasteiger charge is 2.30. The highest BCUT2D eigenvalue weighted by atomic mass is 16.5. The van der Waals surface area contributed by atoms with E-state index in [0.717, 1.165) is 12.4 Å². The van der Waals surface area contributed by atoms with Crippen LogP contribution in [0.5, 0.6) is 5.75 Å². The fraction of sp³-hybridized carbons (Fsp3) is 0.471. The number of imidazole rings is 1. The Hall–Kier alpha value is -2.61. The molecule has 3 heterocycles. The Morgan fingerprint density at radius 2 is 2.20 bits per heavy atom. The lowest BCUT2D eigenvalue weighted by Crippen LogP contribution is -2.50. The molecule has 3 rings (SSSR count). The molecule has 1 fully saturated rings. The first-order valence-corrected chi connectivity index (χ1v) is 8.14. The molecule has 0 aliphatic carbocycles. The Labute approximate surface area is 145 Å². The van der Waals surface area contributed by atoms with Gasteiger partial charge in [0.2, 0.25) is 11.2 Å². The predicted octanol–water partition coefficient (Wildman–Crippen LogP) is 0.576. The van der Waals surface area contributed by atoms with Crippen LogP contribution >= 0.6 is 0 Å². The maximum Gasteiger partial charge on any atom is 0.260 e. The standard InChI is InChI=1S/C17H22N4O4/c1-12-16(14(22)4-9-24-12)25-11-15(23)21-8-7-19(2)13(10-21)17-18-5-6-20(17)3/h4-6,9,13H,7-8,10-11H2,1-3H3. The van der Waals surface area contributed by atoms with E-state index in [2.05, 4.69) is 9.88 Å². The number of rotatable bonds is 4. The molecule has 0 N–H and O–H groups in total. The maximum absolute atomic E-state index is 12.5. The second kappa shape index (κ2) is 7.10. The lowest BCUT2D eigenvalue weighted by molar-refractivity contribution is -0.136. The van der Waals surface area contributed by atoms with Gasteiger partial charge in [0.05, 0.1) is 12.3 Å². The van der Waals surface area contributed by atoms with E-state index in [1.165, 1.54) is 12.3 Å². The van der Waals surface area contributed by atoms with Gasteiger partial charge in [-0.25, -0.2) is 4.98 Å². The number of hydrogen-bond donors (Lipinski definition) is 0. The zero-order valence-electron chi connectivity index (χ0n) is 14.6. The van der Waals surface area contributed by atoms with Crippen molar-refractivity contribution in [1.29, 1.82) is 0 Å². The lowest BCUT2D eigenvalue weighted by Gasteiger charge is -2.38. The van der Waals surface area contributed by atoms with E-state index >= 15 is 0 Å². The first-order valence-electron chi connectivity index (χ1n) is 8.14. The molecule has 1 atom stereocenters. The van der Waals surface area contributed by atoms with E-state index in [9.17, 15) is 9.59 Å². The number of ether oxygens (including phenoxy) is 1. The topological polar surface area (TPSA) is 80.8 Å². The number of aryl methyl sites for hydroxylation is 2. The number of nitrogens with zero attached hydrogens (tertiary/aromatic N) is 4. The number of carbonyl (C=O) groups excluding carboxylic acids is 1. The molecule has 25 heavy (non-hydrogen) atoms. The molecule has 0 bridgehead atoms. The Morgan fingerprint density at radius 1 is 1.40 bits per heavy atom. The minimum Gasteiger partial charge on any atom is -0.476 e. The molecule has 1 amide bonds. The van der Waals surface area contributed by atoms with Crippen molar-refractivity contribution in [2.45, 2.75) is 13.0 Å². The molecule has 0 aromatic carbocycles. The van der Waals surface area contributed by atoms with Gasteiger partial charge >= 0.3 is 0 Å². The van der Waals surface area contributed by atoms with Gasteiger partial charge in [-0.15, -0.1) is 0 Å². The lowest BCUT2D eigenvalue weighted by atomic mass is 10.1. The van der Waals surface area contributed by atoms with E-state index in [1.807, 2.05) is 24.9 Å². The molecule has 2 aromatic heterocycles. The summed E-state index contributed by atoms with van der Waals surface area (Å²) >= 11 is 0. The zero-order valence-corrected chi connectivity index (χ0v) is 14.6. The molecule has 1 saturated heterocycles. The van der Waals surface area contributed by atoms with Gasteiger partial charge < -0.3 is 18.6 Å². The number of piperazine rings is 1. The normalized spacial score (nSPS) is 18.4. The molecule has 0 saturated carbocycles. The Kier molecular flexibility index (Phi) is 4.89. The van der Waals surface area contributed by atoms with Gasteiger partial charge in [0, 0.05) is 45.1 Å². The van der Waals surface area contributed by atoms with Crippen LogP contribution in [0.1, 0.15) is 17.6 Å². The third kappa shape index (κ3) is 3.58. The van der Waals surface area contributed by atoms with Crippen molar-refractivity contribution < 1.29 is 13.9 Å². The van der Waals surface area contributed by atoms with Crippen LogP contribution in [0.4, 0.5) is 0 Å². The summed E-state index contributed by atoms with van der Waals surface area (Å²) in [6.07, 6.45) is 4.96. The van der Waals surface area contributed by atoms with Gasteiger partial charge in [0.1, 0.15) is 11.6 Å². The van der Waals surface area contributed by atoms with Crippen molar-refractivity contribution in [2.24, 2.45) is 7.05 Å². The average molecular weight is 346 g/mol. The van der Waals surface area contributed by atoms with Crippen LogP contribution in [-0.2, 0) is 11.8 Å². The number of carbonyl (C=O) groups is 1. The molecule has 2 aromatic rings. The maximum atomic E-state index is 12.5. The summed E-state index contributed by atoms with van der Waals surface area (Å²) in [5, 5.41) is 0. The number of aromatic nitrogens is 2. The second-order valence-electron chi connectivity index (χ2n) is 6.19. The van der Waals surface area contributed by atoms with Gasteiger partial charge in [-0.3, -0.25) is 14.5 Å². The predicted molar refractivity (Wildman–Crippen MR) is 90.4 cm³/mol. The summed E-state index contributed by atoms with van der Waals surface area (Å²) in [5.74, 6) is 1.21. The van der Waals surface area contributed by atoms with Crippen molar-refractivity contribution >= 4 is 5.91 Å². The number of likely N-dealkylation sites (N-methyl/N-ethyl adjacent to an activating group) is 1. The first kappa shape index (κ1) is 17.2. The summed E-state index contributed by atoms with van der Waals surface area (Å²) in [4.78, 5) is 32.6. The number of hydrogen-bond acceptors (Lipinski definition) is 6. The van der Waals surface area contributed by atoms with E-state index < -0.39 is 0 Å². The fourth-order valence-electron chi connectivity index (χ4n) is 2.98. The van der Waals surface area contributed by atoms with Gasteiger partial charge in [-0.05, 0) is 14.0 Å². The van der Waals surface area contributed by atoms with Crippen LogP contribution in [0.15, 0.2) is 33.9 Å². The highest BCUT2D eigenvalue weighted by Crippen LogP contribution is 2.22. The van der Waals surface area contributed by atoms with Crippen LogP contribution in [0.25, 0.3) is 0 Å². The quantitative estimate of drug-likeness (QED) is 0.805. The van der Waals surface area contributed by atoms with Crippen LogP contribution < -0.4 is 10.2 Å².